The van der Waals surface area contributed by atoms with Gasteiger partial charge < -0.3 is 9.47 Å². The van der Waals surface area contributed by atoms with Crippen LogP contribution in [0.25, 0.3) is 0 Å². The van der Waals surface area contributed by atoms with Crippen LogP contribution in [0.15, 0.2) is 30.3 Å². The van der Waals surface area contributed by atoms with Crippen LogP contribution in [0.1, 0.15) is 12.0 Å². The zero-order valence-electron chi connectivity index (χ0n) is 9.24. The van der Waals surface area contributed by atoms with E-state index in [0.717, 1.165) is 0 Å². The van der Waals surface area contributed by atoms with E-state index in [2.05, 4.69) is 0 Å². The summed E-state index contributed by atoms with van der Waals surface area (Å²) in [5.74, 6) is -0.144. The van der Waals surface area contributed by atoms with Crippen molar-refractivity contribution >= 4 is 10.1 Å². The van der Waals surface area contributed by atoms with Gasteiger partial charge in [0.15, 0.2) is 6.29 Å². The summed E-state index contributed by atoms with van der Waals surface area (Å²) in [7, 11) is -3.61. The zero-order chi connectivity index (χ0) is 12.1. The van der Waals surface area contributed by atoms with Gasteiger partial charge in [-0.25, -0.2) is 4.18 Å². The molecule has 0 spiro atoms. The standard InChI is InChI=1S/C11H14O5S/c12-17(13,8-10-4-2-1-3-5-10)16-11-6-7-14-9-15-11/h1-5,11H,6-9H2. The molecule has 1 fully saturated rings. The molecule has 1 aromatic rings. The van der Waals surface area contributed by atoms with E-state index >= 15 is 0 Å². The molecule has 1 aromatic carbocycles. The first-order valence-corrected chi connectivity index (χ1v) is 6.88. The minimum atomic E-state index is -3.61. The maximum atomic E-state index is 11.7. The van der Waals surface area contributed by atoms with Crippen molar-refractivity contribution in [2.75, 3.05) is 13.4 Å². The molecule has 5 nitrogen and oxygen atoms in total. The molecular weight excluding hydrogens is 244 g/mol. The number of rotatable bonds is 4. The van der Waals surface area contributed by atoms with Gasteiger partial charge in [0, 0.05) is 6.42 Å². The van der Waals surface area contributed by atoms with Gasteiger partial charge in [0.2, 0.25) is 0 Å². The minimum Gasteiger partial charge on any atom is -0.355 e. The molecule has 1 atom stereocenters. The van der Waals surface area contributed by atoms with Gasteiger partial charge in [-0.3, -0.25) is 0 Å². The van der Waals surface area contributed by atoms with Crippen molar-refractivity contribution in [3.05, 3.63) is 35.9 Å². The Labute approximate surface area is 100 Å². The fourth-order valence-electron chi connectivity index (χ4n) is 1.50. The fraction of sp³-hybridized carbons (Fsp3) is 0.455. The molecule has 1 saturated heterocycles. The van der Waals surface area contributed by atoms with Crippen molar-refractivity contribution in [3.63, 3.8) is 0 Å². The molecule has 17 heavy (non-hydrogen) atoms. The van der Waals surface area contributed by atoms with Gasteiger partial charge in [-0.15, -0.1) is 0 Å². The van der Waals surface area contributed by atoms with Crippen LogP contribution in [0.2, 0.25) is 0 Å². The molecule has 2 rings (SSSR count). The molecule has 94 valence electrons. The van der Waals surface area contributed by atoms with Crippen molar-refractivity contribution in [2.45, 2.75) is 18.5 Å². The SMILES string of the molecule is O=S(=O)(Cc1ccccc1)OC1CCOCO1. The van der Waals surface area contributed by atoms with Gasteiger partial charge in [-0.2, -0.15) is 8.42 Å². The Balaban J connectivity index is 1.94. The molecule has 0 N–H and O–H groups in total. The molecule has 0 amide bonds. The Hall–Kier alpha value is -0.950. The summed E-state index contributed by atoms with van der Waals surface area (Å²) in [5.41, 5.74) is 0.694. The predicted octanol–water partition coefficient (Wildman–Crippen LogP) is 1.25. The number of ether oxygens (including phenoxy) is 2. The second-order valence-electron chi connectivity index (χ2n) is 3.69. The zero-order valence-corrected chi connectivity index (χ0v) is 10.1. The molecule has 1 aliphatic rings. The Morgan fingerprint density at radius 1 is 1.29 bits per heavy atom. The maximum Gasteiger partial charge on any atom is 0.274 e. The molecule has 0 aromatic heterocycles. The summed E-state index contributed by atoms with van der Waals surface area (Å²) in [5, 5.41) is 0. The average molecular weight is 258 g/mol. The minimum absolute atomic E-state index is 0.0749. The number of benzene rings is 1. The van der Waals surface area contributed by atoms with Crippen LogP contribution in [-0.2, 0) is 29.5 Å². The van der Waals surface area contributed by atoms with Gasteiger partial charge >= 0.3 is 0 Å². The molecule has 0 saturated carbocycles. The molecule has 6 heteroatoms. The first-order chi connectivity index (χ1) is 8.16. The lowest BCUT2D eigenvalue weighted by atomic mass is 10.2. The van der Waals surface area contributed by atoms with Crippen LogP contribution in [0.3, 0.4) is 0 Å². The monoisotopic (exact) mass is 258 g/mol. The van der Waals surface area contributed by atoms with Crippen LogP contribution in [0, 0.1) is 0 Å². The second kappa shape index (κ2) is 5.59. The van der Waals surface area contributed by atoms with E-state index in [1.54, 1.807) is 24.3 Å². The first-order valence-electron chi connectivity index (χ1n) is 5.30. The lowest BCUT2D eigenvalue weighted by Crippen LogP contribution is -2.29. The van der Waals surface area contributed by atoms with E-state index < -0.39 is 16.4 Å². The third-order valence-corrected chi connectivity index (χ3v) is 3.47. The Morgan fingerprint density at radius 3 is 2.71 bits per heavy atom. The molecule has 1 aliphatic heterocycles. The normalized spacial score (nSPS) is 21.3. The van der Waals surface area contributed by atoms with Gasteiger partial charge in [-0.1, -0.05) is 30.3 Å². The average Bonchev–Trinajstić information content (AvgIpc) is 2.30. The number of hydrogen-bond acceptors (Lipinski definition) is 5. The molecule has 0 bridgehead atoms. The maximum absolute atomic E-state index is 11.7. The van der Waals surface area contributed by atoms with E-state index in [0.29, 0.717) is 18.6 Å². The molecule has 0 aliphatic carbocycles. The van der Waals surface area contributed by atoms with E-state index in [-0.39, 0.29) is 12.5 Å². The Bertz CT molecular complexity index is 436. The van der Waals surface area contributed by atoms with Gasteiger partial charge in [0.1, 0.15) is 12.5 Å². The van der Waals surface area contributed by atoms with Crippen molar-refractivity contribution < 1.29 is 22.1 Å². The van der Waals surface area contributed by atoms with Gasteiger partial charge in [0.25, 0.3) is 10.1 Å². The highest BCUT2D eigenvalue weighted by Crippen LogP contribution is 2.14. The third kappa shape index (κ3) is 4.08. The van der Waals surface area contributed by atoms with Crippen LogP contribution in [0.5, 0.6) is 0 Å². The largest absolute Gasteiger partial charge is 0.355 e. The predicted molar refractivity (Wildman–Crippen MR) is 60.5 cm³/mol. The topological polar surface area (TPSA) is 61.8 Å². The smallest absolute Gasteiger partial charge is 0.274 e. The van der Waals surface area contributed by atoms with Crippen molar-refractivity contribution in [2.24, 2.45) is 0 Å². The van der Waals surface area contributed by atoms with E-state index in [4.69, 9.17) is 13.7 Å². The van der Waals surface area contributed by atoms with Gasteiger partial charge in [0.05, 0.1) is 6.61 Å². The summed E-state index contributed by atoms with van der Waals surface area (Å²) in [6.07, 6.45) is -0.300. The lowest BCUT2D eigenvalue weighted by Gasteiger charge is -2.22. The van der Waals surface area contributed by atoms with Crippen molar-refractivity contribution in [1.29, 1.82) is 0 Å². The van der Waals surface area contributed by atoms with Crippen LogP contribution < -0.4 is 0 Å². The molecule has 1 heterocycles. The summed E-state index contributed by atoms with van der Waals surface area (Å²) in [6.45, 7) is 0.525. The van der Waals surface area contributed by atoms with E-state index in [1.807, 2.05) is 6.07 Å². The Kier molecular flexibility index (Phi) is 4.11. The highest BCUT2D eigenvalue weighted by atomic mass is 32.2. The summed E-state index contributed by atoms with van der Waals surface area (Å²) < 4.78 is 38.4. The second-order valence-corrected chi connectivity index (χ2v) is 5.29. The van der Waals surface area contributed by atoms with Gasteiger partial charge in [-0.05, 0) is 5.56 Å². The lowest BCUT2D eigenvalue weighted by molar-refractivity contribution is -0.201. The van der Waals surface area contributed by atoms with Crippen LogP contribution >= 0.6 is 0 Å². The van der Waals surface area contributed by atoms with E-state index in [1.165, 1.54) is 0 Å². The molecule has 1 unspecified atom stereocenters. The third-order valence-electron chi connectivity index (χ3n) is 2.28. The van der Waals surface area contributed by atoms with Crippen molar-refractivity contribution in [3.8, 4) is 0 Å². The fourth-order valence-corrected chi connectivity index (χ4v) is 2.65. The summed E-state index contributed by atoms with van der Waals surface area (Å²) in [6, 6.07) is 8.89. The Morgan fingerprint density at radius 2 is 2.06 bits per heavy atom. The molecule has 0 radical (unpaired) electrons. The van der Waals surface area contributed by atoms with Crippen molar-refractivity contribution in [1.82, 2.24) is 0 Å². The van der Waals surface area contributed by atoms with Crippen LogP contribution in [-0.4, -0.2) is 28.1 Å². The quantitative estimate of drug-likeness (QED) is 0.761. The highest BCUT2D eigenvalue weighted by Gasteiger charge is 2.22. The first kappa shape index (κ1) is 12.5. The van der Waals surface area contributed by atoms with Crippen LogP contribution in [0.4, 0.5) is 0 Å². The summed E-state index contributed by atoms with van der Waals surface area (Å²) >= 11 is 0. The number of hydrogen-bond donors (Lipinski definition) is 0. The highest BCUT2D eigenvalue weighted by molar-refractivity contribution is 7.85. The summed E-state index contributed by atoms with van der Waals surface area (Å²) in [4.78, 5) is 0. The molecular formula is C11H14O5S. The van der Waals surface area contributed by atoms with E-state index in [9.17, 15) is 8.42 Å².